The van der Waals surface area contributed by atoms with Crippen LogP contribution in [0.4, 0.5) is 4.79 Å². The van der Waals surface area contributed by atoms with E-state index < -0.39 is 30.1 Å². The first-order chi connectivity index (χ1) is 14.5. The second kappa shape index (κ2) is 10.4. The number of nitrogens with zero attached hydrogens (tertiary/aromatic N) is 2. The van der Waals surface area contributed by atoms with Gasteiger partial charge in [-0.15, -0.1) is 0 Å². The highest BCUT2D eigenvalue weighted by Crippen LogP contribution is 2.20. The molecule has 2 heterocycles. The average molecular weight is 416 g/mol. The predicted molar refractivity (Wildman–Crippen MR) is 104 cm³/mol. The van der Waals surface area contributed by atoms with Crippen LogP contribution in [0, 0.1) is 0 Å². The second-order valence-corrected chi connectivity index (χ2v) is 6.84. The summed E-state index contributed by atoms with van der Waals surface area (Å²) in [6.07, 6.45) is 1.74. The number of benzene rings is 1. The normalized spacial score (nSPS) is 16.7. The van der Waals surface area contributed by atoms with Gasteiger partial charge in [0.2, 0.25) is 5.91 Å². The molecule has 2 atom stereocenters. The number of carbonyl (C=O) groups excluding carboxylic acids is 3. The van der Waals surface area contributed by atoms with Gasteiger partial charge >= 0.3 is 6.09 Å². The van der Waals surface area contributed by atoms with Gasteiger partial charge in [0.05, 0.1) is 18.8 Å². The van der Waals surface area contributed by atoms with Crippen LogP contribution in [0.3, 0.4) is 0 Å². The smallest absolute Gasteiger partial charge is 0.407 e. The largest absolute Gasteiger partial charge is 0.447 e. The highest BCUT2D eigenvalue weighted by atomic mass is 16.5. The van der Waals surface area contributed by atoms with Gasteiger partial charge in [0.25, 0.3) is 5.91 Å². The van der Waals surface area contributed by atoms with E-state index in [-0.39, 0.29) is 19.7 Å². The lowest BCUT2D eigenvalue weighted by molar-refractivity contribution is -0.139. The third-order valence-electron chi connectivity index (χ3n) is 4.77. The fourth-order valence-corrected chi connectivity index (χ4v) is 3.24. The van der Waals surface area contributed by atoms with Crippen molar-refractivity contribution in [1.29, 1.82) is 0 Å². The molecule has 30 heavy (non-hydrogen) atoms. The molecule has 1 aliphatic heterocycles. The second-order valence-electron chi connectivity index (χ2n) is 6.84. The number of alkyl carbamates (subject to hydrolysis) is 1. The van der Waals surface area contributed by atoms with Crippen LogP contribution in [0.25, 0.3) is 0 Å². The Morgan fingerprint density at radius 2 is 2.07 bits per heavy atom. The van der Waals surface area contributed by atoms with Crippen molar-refractivity contribution in [3.05, 3.63) is 54.2 Å². The summed E-state index contributed by atoms with van der Waals surface area (Å²) in [7, 11) is 0. The van der Waals surface area contributed by atoms with Crippen molar-refractivity contribution in [2.45, 2.75) is 38.1 Å². The van der Waals surface area contributed by atoms with Crippen LogP contribution >= 0.6 is 0 Å². The number of oxazole rings is 1. The molecule has 0 radical (unpaired) electrons. The minimum Gasteiger partial charge on any atom is -0.447 e. The summed E-state index contributed by atoms with van der Waals surface area (Å²) in [5.74, 6) is -0.546. The molecular weight excluding hydrogens is 392 g/mol. The number of rotatable bonds is 8. The number of aliphatic hydroxyl groups excluding tert-OH is 1. The Kier molecular flexibility index (Phi) is 7.39. The molecule has 1 unspecified atom stereocenters. The third kappa shape index (κ3) is 5.80. The summed E-state index contributed by atoms with van der Waals surface area (Å²) in [4.78, 5) is 41.7. The van der Waals surface area contributed by atoms with E-state index in [1.165, 1.54) is 17.5 Å². The first kappa shape index (κ1) is 21.3. The zero-order valence-corrected chi connectivity index (χ0v) is 16.3. The number of nitrogens with one attached hydrogen (secondary N) is 2. The monoisotopic (exact) mass is 416 g/mol. The Hall–Kier alpha value is -3.40. The van der Waals surface area contributed by atoms with Gasteiger partial charge < -0.3 is 29.8 Å². The number of hydrogen-bond donors (Lipinski definition) is 3. The van der Waals surface area contributed by atoms with E-state index in [1.54, 1.807) is 0 Å². The van der Waals surface area contributed by atoms with Crippen molar-refractivity contribution < 1.29 is 28.6 Å². The summed E-state index contributed by atoms with van der Waals surface area (Å²) in [6, 6.07) is 8.51. The van der Waals surface area contributed by atoms with Gasteiger partial charge in [-0.3, -0.25) is 9.59 Å². The molecule has 1 aliphatic rings. The van der Waals surface area contributed by atoms with Gasteiger partial charge in [-0.05, 0) is 18.4 Å². The summed E-state index contributed by atoms with van der Waals surface area (Å²) in [5.41, 5.74) is 0.832. The van der Waals surface area contributed by atoms with Crippen LogP contribution < -0.4 is 10.6 Å². The van der Waals surface area contributed by atoms with Crippen molar-refractivity contribution in [2.24, 2.45) is 0 Å². The average Bonchev–Trinajstić information content (AvgIpc) is 3.46. The van der Waals surface area contributed by atoms with Crippen molar-refractivity contribution in [1.82, 2.24) is 20.5 Å². The number of amides is 3. The Bertz CT molecular complexity index is 842. The fourth-order valence-electron chi connectivity index (χ4n) is 3.24. The molecule has 1 aromatic carbocycles. The molecule has 1 aromatic heterocycles. The maximum atomic E-state index is 12.5. The van der Waals surface area contributed by atoms with Gasteiger partial charge in [-0.1, -0.05) is 30.3 Å². The lowest BCUT2D eigenvalue weighted by Gasteiger charge is -2.28. The third-order valence-corrected chi connectivity index (χ3v) is 4.77. The summed E-state index contributed by atoms with van der Waals surface area (Å²) in [5, 5.41) is 15.4. The first-order valence-electron chi connectivity index (χ1n) is 9.62. The zero-order valence-electron chi connectivity index (χ0n) is 16.3. The van der Waals surface area contributed by atoms with E-state index in [0.29, 0.717) is 25.1 Å². The van der Waals surface area contributed by atoms with Crippen LogP contribution in [-0.4, -0.2) is 58.1 Å². The van der Waals surface area contributed by atoms with Gasteiger partial charge in [0, 0.05) is 6.54 Å². The maximum Gasteiger partial charge on any atom is 0.407 e. The minimum atomic E-state index is -1.38. The molecule has 3 rings (SSSR count). The molecule has 3 N–H and O–H groups in total. The first-order valence-corrected chi connectivity index (χ1v) is 9.62. The van der Waals surface area contributed by atoms with E-state index in [1.807, 2.05) is 30.3 Å². The molecule has 2 aromatic rings. The van der Waals surface area contributed by atoms with E-state index >= 15 is 0 Å². The van der Waals surface area contributed by atoms with Crippen LogP contribution in [-0.2, 0) is 27.5 Å². The van der Waals surface area contributed by atoms with Gasteiger partial charge in [0.1, 0.15) is 18.9 Å². The highest BCUT2D eigenvalue weighted by Gasteiger charge is 2.37. The van der Waals surface area contributed by atoms with Crippen LogP contribution in [0.2, 0.25) is 0 Å². The molecule has 160 valence electrons. The van der Waals surface area contributed by atoms with E-state index in [2.05, 4.69) is 15.6 Å². The van der Waals surface area contributed by atoms with E-state index in [4.69, 9.17) is 9.15 Å². The molecule has 1 fully saturated rings. The molecule has 1 saturated heterocycles. The summed E-state index contributed by atoms with van der Waals surface area (Å²) in [6.45, 7) is 0.301. The van der Waals surface area contributed by atoms with Gasteiger partial charge in [0.15, 0.2) is 12.5 Å². The number of carbonyl (C=O) groups is 3. The Labute approximate surface area is 173 Å². The topological polar surface area (TPSA) is 134 Å². The van der Waals surface area contributed by atoms with Crippen molar-refractivity contribution in [3.63, 3.8) is 0 Å². The number of hydrogen-bond acceptors (Lipinski definition) is 7. The molecule has 10 heteroatoms. The van der Waals surface area contributed by atoms with Crippen LogP contribution in [0.1, 0.15) is 24.2 Å². The molecular formula is C20H24N4O6. The molecule has 3 amide bonds. The number of aliphatic hydroxyl groups is 1. The lowest BCUT2D eigenvalue weighted by atomic mass is 10.1. The highest BCUT2D eigenvalue weighted by molar-refractivity contribution is 5.85. The van der Waals surface area contributed by atoms with Gasteiger partial charge in [-0.25, -0.2) is 9.78 Å². The summed E-state index contributed by atoms with van der Waals surface area (Å²) < 4.78 is 10.1. The zero-order chi connectivity index (χ0) is 21.3. The SMILES string of the molecule is O=C(NCC(=O)N1CCC[C@H]1C(O)C(=O)NCc1cnco1)OCc1ccccc1. The fraction of sp³-hybridized carbons (Fsp3) is 0.400. The standard InChI is InChI=1S/C20H24N4O6/c25-17(11-23-20(28)29-12-14-5-2-1-3-6-14)24-8-4-7-16(24)18(26)19(27)22-10-15-9-21-13-30-15/h1-3,5-6,9,13,16,18,26H,4,7-8,10-12H2,(H,22,27)(H,23,28)/t16-,18?/m0/s1. The van der Waals surface area contributed by atoms with Crippen LogP contribution in [0.5, 0.6) is 0 Å². The molecule has 0 saturated carbocycles. The predicted octanol–water partition coefficient (Wildman–Crippen LogP) is 0.569. The van der Waals surface area contributed by atoms with E-state index in [9.17, 15) is 19.5 Å². The molecule has 10 nitrogen and oxygen atoms in total. The Morgan fingerprint density at radius 3 is 2.80 bits per heavy atom. The van der Waals surface area contributed by atoms with Gasteiger partial charge in [-0.2, -0.15) is 0 Å². The summed E-state index contributed by atoms with van der Waals surface area (Å²) >= 11 is 0. The van der Waals surface area contributed by atoms with Crippen molar-refractivity contribution in [2.75, 3.05) is 13.1 Å². The Balaban J connectivity index is 1.43. The number of ether oxygens (including phenoxy) is 1. The van der Waals surface area contributed by atoms with E-state index in [0.717, 1.165) is 5.56 Å². The molecule has 0 spiro atoms. The molecule has 0 bridgehead atoms. The lowest BCUT2D eigenvalue weighted by Crippen LogP contribution is -2.51. The maximum absolute atomic E-state index is 12.5. The number of likely N-dealkylation sites (tertiary alicyclic amines) is 1. The van der Waals surface area contributed by atoms with Crippen LogP contribution in [0.15, 0.2) is 47.3 Å². The Morgan fingerprint density at radius 1 is 1.27 bits per heavy atom. The molecule has 0 aliphatic carbocycles. The van der Waals surface area contributed by atoms with Crippen molar-refractivity contribution >= 4 is 17.9 Å². The van der Waals surface area contributed by atoms with Crippen molar-refractivity contribution in [3.8, 4) is 0 Å². The minimum absolute atomic E-state index is 0.0887. The number of aromatic nitrogens is 1. The quantitative estimate of drug-likeness (QED) is 0.573.